The summed E-state index contributed by atoms with van der Waals surface area (Å²) in [5.41, 5.74) is 2.47. The van der Waals surface area contributed by atoms with Gasteiger partial charge in [0.1, 0.15) is 6.33 Å². The van der Waals surface area contributed by atoms with Crippen molar-refractivity contribution in [3.8, 4) is 0 Å². The molecule has 0 spiro atoms. The van der Waals surface area contributed by atoms with E-state index in [2.05, 4.69) is 32.6 Å². The highest BCUT2D eigenvalue weighted by molar-refractivity contribution is 14.1. The van der Waals surface area contributed by atoms with Crippen LogP contribution in [0.4, 0.5) is 0 Å². The SMILES string of the molecule is O=c1ncc2c(CI)ncn2c2ccccc12. The fourth-order valence-electron chi connectivity index (χ4n) is 1.88. The molecule has 0 aliphatic rings. The topological polar surface area (TPSA) is 47.3 Å². The molecule has 2 aromatic heterocycles. The van der Waals surface area contributed by atoms with Gasteiger partial charge < -0.3 is 0 Å². The molecular formula is C12H8IN3O. The third-order valence-electron chi connectivity index (χ3n) is 2.71. The summed E-state index contributed by atoms with van der Waals surface area (Å²) < 4.78 is 2.71. The molecule has 0 bridgehead atoms. The number of aromatic nitrogens is 3. The van der Waals surface area contributed by atoms with Gasteiger partial charge in [-0.3, -0.25) is 9.20 Å². The summed E-state index contributed by atoms with van der Waals surface area (Å²) in [4.78, 5) is 20.1. The highest BCUT2D eigenvalue weighted by Crippen LogP contribution is 2.15. The maximum atomic E-state index is 11.8. The Morgan fingerprint density at radius 2 is 2.00 bits per heavy atom. The minimum absolute atomic E-state index is 0.205. The Hall–Kier alpha value is -1.50. The Bertz CT molecular complexity index is 766. The van der Waals surface area contributed by atoms with Crippen molar-refractivity contribution in [1.82, 2.24) is 14.4 Å². The zero-order valence-electron chi connectivity index (χ0n) is 8.80. The van der Waals surface area contributed by atoms with Crippen LogP contribution in [0, 0.1) is 0 Å². The average molecular weight is 337 g/mol. The van der Waals surface area contributed by atoms with Gasteiger partial charge in [-0.15, -0.1) is 0 Å². The number of alkyl halides is 1. The van der Waals surface area contributed by atoms with Crippen LogP contribution in [0.1, 0.15) is 5.69 Å². The molecule has 0 atom stereocenters. The van der Waals surface area contributed by atoms with Gasteiger partial charge in [0.15, 0.2) is 0 Å². The van der Waals surface area contributed by atoms with Gasteiger partial charge in [0, 0.05) is 4.43 Å². The third kappa shape index (κ3) is 1.61. The molecule has 0 aliphatic carbocycles. The maximum Gasteiger partial charge on any atom is 0.279 e. The van der Waals surface area contributed by atoms with Crippen molar-refractivity contribution in [2.24, 2.45) is 0 Å². The van der Waals surface area contributed by atoms with Crippen LogP contribution in [0.25, 0.3) is 16.4 Å². The molecule has 2 heterocycles. The van der Waals surface area contributed by atoms with E-state index in [1.54, 1.807) is 18.6 Å². The summed E-state index contributed by atoms with van der Waals surface area (Å²) in [6, 6.07) is 7.44. The normalized spacial score (nSPS) is 11.1. The van der Waals surface area contributed by atoms with Gasteiger partial charge in [0.25, 0.3) is 5.56 Å². The number of benzene rings is 1. The fourth-order valence-corrected chi connectivity index (χ4v) is 2.47. The van der Waals surface area contributed by atoms with Gasteiger partial charge in [0.05, 0.1) is 28.3 Å². The molecule has 0 radical (unpaired) electrons. The van der Waals surface area contributed by atoms with Crippen LogP contribution in [-0.2, 0) is 4.43 Å². The number of imidazole rings is 1. The second-order valence-electron chi connectivity index (χ2n) is 3.66. The number of rotatable bonds is 1. The summed E-state index contributed by atoms with van der Waals surface area (Å²) >= 11 is 2.25. The van der Waals surface area contributed by atoms with Gasteiger partial charge in [-0.25, -0.2) is 9.97 Å². The number of hydrogen-bond donors (Lipinski definition) is 0. The minimum atomic E-state index is -0.205. The first-order chi connectivity index (χ1) is 8.31. The Morgan fingerprint density at radius 1 is 1.18 bits per heavy atom. The number of hydrogen-bond acceptors (Lipinski definition) is 3. The Balaban J connectivity index is 2.64. The average Bonchev–Trinajstić information content (AvgIpc) is 2.72. The van der Waals surface area contributed by atoms with Crippen molar-refractivity contribution < 1.29 is 0 Å². The lowest BCUT2D eigenvalue weighted by atomic mass is 10.2. The third-order valence-corrected chi connectivity index (χ3v) is 3.43. The van der Waals surface area contributed by atoms with Gasteiger partial charge in [-0.05, 0) is 12.1 Å². The summed E-state index contributed by atoms with van der Waals surface area (Å²) in [5.74, 6) is 0. The lowest BCUT2D eigenvalue weighted by Gasteiger charge is -1.94. The smallest absolute Gasteiger partial charge is 0.279 e. The van der Waals surface area contributed by atoms with Gasteiger partial charge >= 0.3 is 0 Å². The molecule has 5 heteroatoms. The first-order valence-electron chi connectivity index (χ1n) is 5.11. The largest absolute Gasteiger partial charge is 0.297 e. The molecule has 0 aliphatic heterocycles. The predicted octanol–water partition coefficient (Wildman–Crippen LogP) is 2.18. The van der Waals surface area contributed by atoms with Crippen molar-refractivity contribution in [3.05, 3.63) is 52.8 Å². The molecule has 1 aromatic carbocycles. The van der Waals surface area contributed by atoms with Crippen molar-refractivity contribution in [3.63, 3.8) is 0 Å². The zero-order chi connectivity index (χ0) is 11.8. The predicted molar refractivity (Wildman–Crippen MR) is 74.5 cm³/mol. The molecule has 0 fully saturated rings. The standard InChI is InChI=1S/C12H8IN3O/c13-5-9-11-6-14-12(17)8-3-1-2-4-10(8)16(11)7-15-9/h1-4,6-7H,5H2. The van der Waals surface area contributed by atoms with E-state index in [9.17, 15) is 4.79 Å². The van der Waals surface area contributed by atoms with Crippen molar-refractivity contribution in [1.29, 1.82) is 0 Å². The highest BCUT2D eigenvalue weighted by atomic mass is 127. The molecule has 4 nitrogen and oxygen atoms in total. The molecule has 0 amide bonds. The van der Waals surface area contributed by atoms with E-state index in [1.165, 1.54) is 0 Å². The van der Waals surface area contributed by atoms with E-state index in [0.29, 0.717) is 5.39 Å². The quantitative estimate of drug-likeness (QED) is 0.505. The Morgan fingerprint density at radius 3 is 2.82 bits per heavy atom. The molecule has 3 aromatic rings. The fraction of sp³-hybridized carbons (Fsp3) is 0.0833. The first-order valence-corrected chi connectivity index (χ1v) is 6.64. The summed E-state index contributed by atoms with van der Waals surface area (Å²) in [5, 5.41) is 0.611. The lowest BCUT2D eigenvalue weighted by Crippen LogP contribution is -2.00. The summed E-state index contributed by atoms with van der Waals surface area (Å²) in [7, 11) is 0. The lowest BCUT2D eigenvalue weighted by molar-refractivity contribution is 1.20. The Labute approximate surface area is 110 Å². The van der Waals surface area contributed by atoms with E-state index >= 15 is 0 Å². The number of nitrogens with zero attached hydrogens (tertiary/aromatic N) is 3. The molecule has 0 N–H and O–H groups in total. The molecule has 0 saturated heterocycles. The van der Waals surface area contributed by atoms with Crippen LogP contribution in [0.5, 0.6) is 0 Å². The zero-order valence-corrected chi connectivity index (χ0v) is 11.0. The van der Waals surface area contributed by atoms with E-state index in [1.807, 2.05) is 22.6 Å². The first kappa shape index (κ1) is 10.6. The molecular weight excluding hydrogens is 329 g/mol. The molecule has 3 rings (SSSR count). The van der Waals surface area contributed by atoms with E-state index in [0.717, 1.165) is 21.2 Å². The van der Waals surface area contributed by atoms with Gasteiger partial charge in [-0.1, -0.05) is 34.7 Å². The monoisotopic (exact) mass is 337 g/mol. The number of fused-ring (bicyclic) bond motifs is 3. The molecule has 84 valence electrons. The molecule has 0 saturated carbocycles. The van der Waals surface area contributed by atoms with E-state index in [4.69, 9.17) is 0 Å². The highest BCUT2D eigenvalue weighted by Gasteiger charge is 2.06. The van der Waals surface area contributed by atoms with Crippen LogP contribution >= 0.6 is 22.6 Å². The van der Waals surface area contributed by atoms with Crippen LogP contribution in [-0.4, -0.2) is 14.4 Å². The van der Waals surface area contributed by atoms with Crippen LogP contribution in [0.3, 0.4) is 0 Å². The van der Waals surface area contributed by atoms with Crippen LogP contribution in [0.2, 0.25) is 0 Å². The molecule has 0 unspecified atom stereocenters. The van der Waals surface area contributed by atoms with Crippen molar-refractivity contribution >= 4 is 39.0 Å². The summed E-state index contributed by atoms with van der Waals surface area (Å²) in [6.07, 6.45) is 3.34. The van der Waals surface area contributed by atoms with E-state index < -0.39 is 0 Å². The minimum Gasteiger partial charge on any atom is -0.297 e. The second-order valence-corrected chi connectivity index (χ2v) is 4.42. The Kier molecular flexibility index (Phi) is 2.54. The number of halogens is 1. The van der Waals surface area contributed by atoms with Crippen molar-refractivity contribution in [2.75, 3.05) is 0 Å². The van der Waals surface area contributed by atoms with Crippen LogP contribution in [0.15, 0.2) is 41.6 Å². The second kappa shape index (κ2) is 4.06. The van der Waals surface area contributed by atoms with Crippen LogP contribution < -0.4 is 5.56 Å². The van der Waals surface area contributed by atoms with Crippen molar-refractivity contribution in [2.45, 2.75) is 4.43 Å². The summed E-state index contributed by atoms with van der Waals surface area (Å²) in [6.45, 7) is 0. The maximum absolute atomic E-state index is 11.8. The molecule has 17 heavy (non-hydrogen) atoms. The van der Waals surface area contributed by atoms with Gasteiger partial charge in [0.2, 0.25) is 0 Å². The van der Waals surface area contributed by atoms with E-state index in [-0.39, 0.29) is 5.56 Å². The van der Waals surface area contributed by atoms with Gasteiger partial charge in [-0.2, -0.15) is 0 Å². The number of para-hydroxylation sites is 1.